The summed E-state index contributed by atoms with van der Waals surface area (Å²) in [6, 6.07) is 7.27. The van der Waals surface area contributed by atoms with Crippen LogP contribution < -0.4 is 10.9 Å². The van der Waals surface area contributed by atoms with Gasteiger partial charge in [0, 0.05) is 18.5 Å². The Hall–Kier alpha value is -3.16. The van der Waals surface area contributed by atoms with Gasteiger partial charge in [0.1, 0.15) is 17.6 Å². The fourth-order valence-corrected chi connectivity index (χ4v) is 3.03. The first-order valence-corrected chi connectivity index (χ1v) is 9.46. The van der Waals surface area contributed by atoms with E-state index in [4.69, 9.17) is 4.42 Å². The average Bonchev–Trinajstić information content (AvgIpc) is 3.07. The van der Waals surface area contributed by atoms with Crippen molar-refractivity contribution in [1.29, 1.82) is 0 Å². The highest BCUT2D eigenvalue weighted by Gasteiger charge is 2.19. The SMILES string of the molecule is CCCNC(=O)CN(CCC)C(=O)Cn1cnc2c(oc3ccccc32)c1=O. The van der Waals surface area contributed by atoms with Gasteiger partial charge in [-0.2, -0.15) is 0 Å². The number of rotatable bonds is 8. The number of aromatic nitrogens is 2. The summed E-state index contributed by atoms with van der Waals surface area (Å²) in [4.78, 5) is 43.2. The van der Waals surface area contributed by atoms with Crippen LogP contribution in [0.5, 0.6) is 0 Å². The molecule has 3 rings (SSSR count). The van der Waals surface area contributed by atoms with E-state index in [9.17, 15) is 14.4 Å². The summed E-state index contributed by atoms with van der Waals surface area (Å²) in [6.45, 7) is 4.68. The van der Waals surface area contributed by atoms with Crippen LogP contribution in [-0.4, -0.2) is 45.9 Å². The summed E-state index contributed by atoms with van der Waals surface area (Å²) in [5.41, 5.74) is 0.765. The quantitative estimate of drug-likeness (QED) is 0.640. The molecule has 0 saturated heterocycles. The standard InChI is InChI=1S/C20H24N4O4/c1-3-9-21-16(25)11-23(10-4-2)17(26)12-24-13-22-18-14-7-5-6-8-15(14)28-19(18)20(24)27/h5-8,13H,3-4,9-12H2,1-2H3,(H,21,25). The average molecular weight is 384 g/mol. The first-order chi connectivity index (χ1) is 13.5. The van der Waals surface area contributed by atoms with Gasteiger partial charge in [0.05, 0.1) is 12.9 Å². The summed E-state index contributed by atoms with van der Waals surface area (Å²) in [5, 5.41) is 3.52. The Morgan fingerprint density at radius 3 is 2.75 bits per heavy atom. The Labute approximate surface area is 162 Å². The molecule has 2 heterocycles. The Kier molecular flexibility index (Phi) is 6.08. The zero-order valence-electron chi connectivity index (χ0n) is 16.1. The molecule has 28 heavy (non-hydrogen) atoms. The third-order valence-electron chi connectivity index (χ3n) is 4.41. The van der Waals surface area contributed by atoms with Gasteiger partial charge in [0.2, 0.25) is 17.4 Å². The molecular formula is C20H24N4O4. The number of hydrogen-bond donors (Lipinski definition) is 1. The van der Waals surface area contributed by atoms with E-state index in [2.05, 4.69) is 10.3 Å². The van der Waals surface area contributed by atoms with Crippen LogP contribution in [0.25, 0.3) is 22.1 Å². The molecule has 1 N–H and O–H groups in total. The summed E-state index contributed by atoms with van der Waals surface area (Å²) in [5.74, 6) is -0.519. The fourth-order valence-electron chi connectivity index (χ4n) is 3.03. The maximum atomic E-state index is 12.8. The number of furan rings is 1. The van der Waals surface area contributed by atoms with E-state index in [0.29, 0.717) is 30.6 Å². The van der Waals surface area contributed by atoms with Crippen molar-refractivity contribution < 1.29 is 14.0 Å². The second kappa shape index (κ2) is 8.69. The monoisotopic (exact) mass is 384 g/mol. The molecule has 0 bridgehead atoms. The van der Waals surface area contributed by atoms with Crippen LogP contribution in [0.4, 0.5) is 0 Å². The molecule has 148 valence electrons. The first kappa shape index (κ1) is 19.6. The van der Waals surface area contributed by atoms with Crippen molar-refractivity contribution in [1.82, 2.24) is 19.8 Å². The van der Waals surface area contributed by atoms with Crippen molar-refractivity contribution in [3.8, 4) is 0 Å². The van der Waals surface area contributed by atoms with Crippen molar-refractivity contribution in [2.45, 2.75) is 33.2 Å². The lowest BCUT2D eigenvalue weighted by Gasteiger charge is -2.22. The van der Waals surface area contributed by atoms with Gasteiger partial charge < -0.3 is 14.6 Å². The summed E-state index contributed by atoms with van der Waals surface area (Å²) >= 11 is 0. The lowest BCUT2D eigenvalue weighted by Crippen LogP contribution is -2.43. The van der Waals surface area contributed by atoms with Gasteiger partial charge in [0.25, 0.3) is 5.56 Å². The lowest BCUT2D eigenvalue weighted by atomic mass is 10.2. The summed E-state index contributed by atoms with van der Waals surface area (Å²) in [6.07, 6.45) is 2.89. The molecule has 2 aromatic heterocycles. The van der Waals surface area contributed by atoms with Gasteiger partial charge in [0.15, 0.2) is 0 Å². The van der Waals surface area contributed by atoms with Crippen molar-refractivity contribution in [3.05, 3.63) is 40.9 Å². The highest BCUT2D eigenvalue weighted by atomic mass is 16.3. The van der Waals surface area contributed by atoms with Gasteiger partial charge in [-0.25, -0.2) is 4.98 Å². The zero-order chi connectivity index (χ0) is 20.1. The number of para-hydroxylation sites is 1. The first-order valence-electron chi connectivity index (χ1n) is 9.46. The summed E-state index contributed by atoms with van der Waals surface area (Å²) in [7, 11) is 0. The second-order valence-corrected chi connectivity index (χ2v) is 6.62. The molecule has 0 aliphatic rings. The van der Waals surface area contributed by atoms with Crippen LogP contribution in [0.1, 0.15) is 26.7 Å². The van der Waals surface area contributed by atoms with Gasteiger partial charge in [-0.05, 0) is 25.0 Å². The molecule has 0 fully saturated rings. The second-order valence-electron chi connectivity index (χ2n) is 6.62. The number of fused-ring (bicyclic) bond motifs is 3. The molecule has 8 nitrogen and oxygen atoms in total. The van der Waals surface area contributed by atoms with E-state index in [0.717, 1.165) is 11.8 Å². The Morgan fingerprint density at radius 1 is 1.21 bits per heavy atom. The number of carbonyl (C=O) groups excluding carboxylic acids is 2. The molecule has 2 amide bonds. The molecule has 3 aromatic rings. The van der Waals surface area contributed by atoms with E-state index in [1.807, 2.05) is 32.0 Å². The van der Waals surface area contributed by atoms with Crippen molar-refractivity contribution in [2.75, 3.05) is 19.6 Å². The van der Waals surface area contributed by atoms with Gasteiger partial charge in [-0.1, -0.05) is 26.0 Å². The highest BCUT2D eigenvalue weighted by Crippen LogP contribution is 2.23. The van der Waals surface area contributed by atoms with E-state index in [1.54, 1.807) is 6.07 Å². The Bertz CT molecular complexity index is 1050. The minimum atomic E-state index is -0.415. The van der Waals surface area contributed by atoms with E-state index < -0.39 is 5.56 Å². The van der Waals surface area contributed by atoms with Crippen LogP contribution >= 0.6 is 0 Å². The predicted octanol–water partition coefficient (Wildman–Crippen LogP) is 1.91. The van der Waals surface area contributed by atoms with E-state index >= 15 is 0 Å². The number of benzene rings is 1. The van der Waals surface area contributed by atoms with Crippen molar-refractivity contribution in [3.63, 3.8) is 0 Å². The number of amides is 2. The molecule has 0 saturated carbocycles. The number of nitrogens with one attached hydrogen (secondary N) is 1. The molecule has 0 atom stereocenters. The number of hydrogen-bond acceptors (Lipinski definition) is 5. The van der Waals surface area contributed by atoms with Crippen LogP contribution in [0, 0.1) is 0 Å². The topological polar surface area (TPSA) is 97.4 Å². The summed E-state index contributed by atoms with van der Waals surface area (Å²) < 4.78 is 6.86. The maximum absolute atomic E-state index is 12.8. The molecule has 1 aromatic carbocycles. The molecular weight excluding hydrogens is 360 g/mol. The molecule has 0 radical (unpaired) electrons. The largest absolute Gasteiger partial charge is 0.448 e. The smallest absolute Gasteiger partial charge is 0.297 e. The normalized spacial score (nSPS) is 11.1. The van der Waals surface area contributed by atoms with Crippen LogP contribution in [0.2, 0.25) is 0 Å². The molecule has 0 aliphatic heterocycles. The minimum absolute atomic E-state index is 0.0261. The lowest BCUT2D eigenvalue weighted by molar-refractivity contribution is -0.136. The van der Waals surface area contributed by atoms with Crippen LogP contribution in [0.15, 0.2) is 39.8 Å². The molecule has 0 spiro atoms. The molecule has 0 aliphatic carbocycles. The molecule has 0 unspecified atom stereocenters. The number of carbonyl (C=O) groups is 2. The fraction of sp³-hybridized carbons (Fsp3) is 0.400. The van der Waals surface area contributed by atoms with Gasteiger partial charge >= 0.3 is 0 Å². The van der Waals surface area contributed by atoms with Crippen LogP contribution in [-0.2, 0) is 16.1 Å². The predicted molar refractivity (Wildman–Crippen MR) is 106 cm³/mol. The third kappa shape index (κ3) is 4.05. The highest BCUT2D eigenvalue weighted by molar-refractivity contribution is 6.01. The van der Waals surface area contributed by atoms with Crippen molar-refractivity contribution >= 4 is 33.9 Å². The maximum Gasteiger partial charge on any atom is 0.297 e. The minimum Gasteiger partial charge on any atom is -0.448 e. The third-order valence-corrected chi connectivity index (χ3v) is 4.41. The number of nitrogens with zero attached hydrogens (tertiary/aromatic N) is 3. The van der Waals surface area contributed by atoms with Crippen LogP contribution in [0.3, 0.4) is 0 Å². The molecule has 8 heteroatoms. The zero-order valence-corrected chi connectivity index (χ0v) is 16.1. The van der Waals surface area contributed by atoms with E-state index in [1.165, 1.54) is 15.8 Å². The van der Waals surface area contributed by atoms with Gasteiger partial charge in [-0.3, -0.25) is 19.0 Å². The Morgan fingerprint density at radius 2 is 2.00 bits per heavy atom. The Balaban J connectivity index is 1.82. The van der Waals surface area contributed by atoms with E-state index in [-0.39, 0.29) is 30.5 Å². The van der Waals surface area contributed by atoms with Gasteiger partial charge in [-0.15, -0.1) is 0 Å². The van der Waals surface area contributed by atoms with Crippen molar-refractivity contribution in [2.24, 2.45) is 0 Å².